The second kappa shape index (κ2) is 11.0. The van der Waals surface area contributed by atoms with Crippen LogP contribution in [0.2, 0.25) is 0 Å². The van der Waals surface area contributed by atoms with Crippen molar-refractivity contribution in [2.24, 2.45) is 4.99 Å². The lowest BCUT2D eigenvalue weighted by molar-refractivity contribution is 0.414. The molecule has 0 spiro atoms. The lowest BCUT2D eigenvalue weighted by atomic mass is 10.2. The van der Waals surface area contributed by atoms with E-state index in [0.717, 1.165) is 30.0 Å². The fraction of sp³-hybridized carbons (Fsp3) is 0.562. The zero-order valence-corrected chi connectivity index (χ0v) is 16.4. The van der Waals surface area contributed by atoms with Crippen molar-refractivity contribution in [1.29, 1.82) is 0 Å². The molecule has 1 fully saturated rings. The van der Waals surface area contributed by atoms with Crippen LogP contribution in [-0.4, -0.2) is 37.2 Å². The van der Waals surface area contributed by atoms with Crippen molar-refractivity contribution < 1.29 is 4.74 Å². The predicted octanol–water partition coefficient (Wildman–Crippen LogP) is 3.26. The number of nitrogens with one attached hydrogen (secondary N) is 2. The molecule has 6 heteroatoms. The van der Waals surface area contributed by atoms with E-state index in [-0.39, 0.29) is 24.0 Å². The van der Waals surface area contributed by atoms with Gasteiger partial charge in [0.2, 0.25) is 0 Å². The highest BCUT2D eigenvalue weighted by Crippen LogP contribution is 2.25. The molecule has 1 saturated heterocycles. The summed E-state index contributed by atoms with van der Waals surface area (Å²) in [6, 6.07) is 8.05. The molecule has 1 aromatic carbocycles. The largest absolute Gasteiger partial charge is 0.497 e. The van der Waals surface area contributed by atoms with E-state index in [2.05, 4.69) is 46.4 Å². The van der Waals surface area contributed by atoms with Gasteiger partial charge in [-0.25, -0.2) is 4.99 Å². The maximum atomic E-state index is 5.17. The Morgan fingerprint density at radius 1 is 1.32 bits per heavy atom. The summed E-state index contributed by atoms with van der Waals surface area (Å²) in [5, 5.41) is 7.48. The normalized spacial score (nSPS) is 17.7. The van der Waals surface area contributed by atoms with Gasteiger partial charge in [0.05, 0.1) is 13.7 Å². The molecule has 0 amide bonds. The molecule has 0 radical (unpaired) electrons. The third-order valence-corrected chi connectivity index (χ3v) is 4.84. The maximum absolute atomic E-state index is 5.17. The number of thioether (sulfide) groups is 1. The first kappa shape index (κ1) is 19.4. The van der Waals surface area contributed by atoms with Gasteiger partial charge in [-0.15, -0.1) is 24.0 Å². The van der Waals surface area contributed by atoms with Gasteiger partial charge in [0.1, 0.15) is 5.75 Å². The molecule has 0 aliphatic carbocycles. The summed E-state index contributed by atoms with van der Waals surface area (Å²) in [4.78, 5) is 4.64. The molecule has 0 saturated carbocycles. The minimum Gasteiger partial charge on any atom is -0.497 e. The van der Waals surface area contributed by atoms with Crippen molar-refractivity contribution in [3.63, 3.8) is 0 Å². The van der Waals surface area contributed by atoms with Crippen molar-refractivity contribution >= 4 is 41.7 Å². The third kappa shape index (κ3) is 6.64. The van der Waals surface area contributed by atoms with E-state index in [0.29, 0.717) is 6.54 Å². The van der Waals surface area contributed by atoms with Crippen molar-refractivity contribution in [1.82, 2.24) is 10.6 Å². The molecule has 1 aliphatic heterocycles. The quantitative estimate of drug-likeness (QED) is 0.409. The van der Waals surface area contributed by atoms with Crippen molar-refractivity contribution in [3.8, 4) is 5.75 Å². The van der Waals surface area contributed by atoms with E-state index < -0.39 is 0 Å². The molecule has 0 aromatic heterocycles. The van der Waals surface area contributed by atoms with Gasteiger partial charge < -0.3 is 15.4 Å². The summed E-state index contributed by atoms with van der Waals surface area (Å²) in [5.74, 6) is 3.08. The van der Waals surface area contributed by atoms with Gasteiger partial charge in [-0.05, 0) is 43.2 Å². The van der Waals surface area contributed by atoms with Crippen LogP contribution < -0.4 is 15.4 Å². The molecule has 22 heavy (non-hydrogen) atoms. The van der Waals surface area contributed by atoms with Crippen LogP contribution in [0.3, 0.4) is 0 Å². The minimum atomic E-state index is 0. The van der Waals surface area contributed by atoms with E-state index in [9.17, 15) is 0 Å². The van der Waals surface area contributed by atoms with Gasteiger partial charge in [-0.1, -0.05) is 12.1 Å². The van der Waals surface area contributed by atoms with Crippen LogP contribution in [0.15, 0.2) is 29.3 Å². The zero-order chi connectivity index (χ0) is 14.9. The minimum absolute atomic E-state index is 0. The number of ether oxygens (including phenoxy) is 1. The van der Waals surface area contributed by atoms with Crippen LogP contribution in [0.4, 0.5) is 0 Å². The molecular formula is C16H26IN3OS. The van der Waals surface area contributed by atoms with Crippen molar-refractivity contribution in [2.75, 3.05) is 26.0 Å². The Kier molecular flexibility index (Phi) is 9.70. The van der Waals surface area contributed by atoms with E-state index in [1.165, 1.54) is 24.2 Å². The Morgan fingerprint density at radius 2 is 2.09 bits per heavy atom. The van der Waals surface area contributed by atoms with Crippen LogP contribution in [-0.2, 0) is 6.54 Å². The summed E-state index contributed by atoms with van der Waals surface area (Å²) in [5.41, 5.74) is 1.18. The average molecular weight is 435 g/mol. The first-order chi connectivity index (χ1) is 10.3. The summed E-state index contributed by atoms with van der Waals surface area (Å²) in [6.45, 7) is 4.65. The van der Waals surface area contributed by atoms with Gasteiger partial charge in [0.15, 0.2) is 5.96 Å². The first-order valence-electron chi connectivity index (χ1n) is 7.58. The molecular weight excluding hydrogens is 409 g/mol. The number of aliphatic imine (C=N–C) groups is 1. The highest BCUT2D eigenvalue weighted by atomic mass is 127. The Hall–Kier alpha value is -0.630. The summed E-state index contributed by atoms with van der Waals surface area (Å²) < 4.78 is 5.17. The van der Waals surface area contributed by atoms with Crippen LogP contribution in [0, 0.1) is 0 Å². The Labute approximate surface area is 154 Å². The molecule has 1 heterocycles. The molecule has 1 atom stereocenters. The molecule has 1 aliphatic rings. The molecule has 1 aromatic rings. The van der Waals surface area contributed by atoms with Crippen molar-refractivity contribution in [2.45, 2.75) is 31.6 Å². The summed E-state index contributed by atoms with van der Waals surface area (Å²) in [7, 11) is 1.68. The van der Waals surface area contributed by atoms with Crippen LogP contribution >= 0.6 is 35.7 Å². The summed E-state index contributed by atoms with van der Waals surface area (Å²) in [6.07, 6.45) is 2.66. The van der Waals surface area contributed by atoms with Crippen molar-refractivity contribution in [3.05, 3.63) is 29.8 Å². The monoisotopic (exact) mass is 435 g/mol. The lowest BCUT2D eigenvalue weighted by Gasteiger charge is -2.14. The fourth-order valence-electron chi connectivity index (χ4n) is 2.26. The number of hydrogen-bond acceptors (Lipinski definition) is 3. The van der Waals surface area contributed by atoms with Crippen LogP contribution in [0.25, 0.3) is 0 Å². The first-order valence-corrected chi connectivity index (χ1v) is 8.63. The number of methoxy groups -OCH3 is 1. The number of hydrogen-bond donors (Lipinski definition) is 2. The highest BCUT2D eigenvalue weighted by molar-refractivity contribution is 14.0. The Balaban J connectivity index is 0.00000242. The van der Waals surface area contributed by atoms with E-state index in [1.807, 2.05) is 12.1 Å². The number of rotatable bonds is 6. The average Bonchev–Trinajstić information content (AvgIpc) is 3.04. The van der Waals surface area contributed by atoms with Gasteiger partial charge in [-0.2, -0.15) is 11.8 Å². The maximum Gasteiger partial charge on any atom is 0.191 e. The van der Waals surface area contributed by atoms with Gasteiger partial charge in [-0.3, -0.25) is 0 Å². The van der Waals surface area contributed by atoms with E-state index in [4.69, 9.17) is 4.74 Å². The SMILES string of the molecule is CCNC(=NCc1ccc(OC)cc1)NCC1CCCS1.I. The van der Waals surface area contributed by atoms with Crippen LogP contribution in [0.1, 0.15) is 25.3 Å². The third-order valence-electron chi connectivity index (χ3n) is 3.44. The molecule has 2 rings (SSSR count). The molecule has 4 nitrogen and oxygen atoms in total. The highest BCUT2D eigenvalue weighted by Gasteiger charge is 2.15. The number of halogens is 1. The van der Waals surface area contributed by atoms with E-state index in [1.54, 1.807) is 7.11 Å². The molecule has 0 bridgehead atoms. The standard InChI is InChI=1S/C16H25N3OS.HI/c1-3-17-16(19-12-15-5-4-10-21-15)18-11-13-6-8-14(20-2)9-7-13;/h6-9,15H,3-5,10-12H2,1-2H3,(H2,17,18,19);1H. The molecule has 2 N–H and O–H groups in total. The topological polar surface area (TPSA) is 45.7 Å². The smallest absolute Gasteiger partial charge is 0.191 e. The second-order valence-corrected chi connectivity index (χ2v) is 6.47. The number of benzene rings is 1. The number of guanidine groups is 1. The lowest BCUT2D eigenvalue weighted by Crippen LogP contribution is -2.40. The summed E-state index contributed by atoms with van der Waals surface area (Å²) >= 11 is 2.06. The van der Waals surface area contributed by atoms with Gasteiger partial charge >= 0.3 is 0 Å². The van der Waals surface area contributed by atoms with Gasteiger partial charge in [0.25, 0.3) is 0 Å². The Bertz CT molecular complexity index is 447. The zero-order valence-electron chi connectivity index (χ0n) is 13.3. The van der Waals surface area contributed by atoms with Gasteiger partial charge in [0, 0.05) is 18.3 Å². The van der Waals surface area contributed by atoms with Crippen LogP contribution in [0.5, 0.6) is 5.75 Å². The molecule has 1 unspecified atom stereocenters. The fourth-order valence-corrected chi connectivity index (χ4v) is 3.46. The second-order valence-electron chi connectivity index (χ2n) is 5.06. The predicted molar refractivity (Wildman–Crippen MR) is 107 cm³/mol. The molecule has 124 valence electrons. The van der Waals surface area contributed by atoms with E-state index >= 15 is 0 Å². The Morgan fingerprint density at radius 3 is 2.68 bits per heavy atom. The number of nitrogens with zero attached hydrogens (tertiary/aromatic N) is 1.